The second-order valence-electron chi connectivity index (χ2n) is 3.36. The van der Waals surface area contributed by atoms with Crippen molar-refractivity contribution in [1.29, 1.82) is 0 Å². The molecule has 0 fully saturated rings. The van der Waals surface area contributed by atoms with Crippen LogP contribution in [0.15, 0.2) is 26.6 Å². The molecule has 2 aromatic rings. The number of rotatable bonds is 2. The van der Waals surface area contributed by atoms with Crippen LogP contribution in [-0.2, 0) is 9.84 Å². The van der Waals surface area contributed by atoms with E-state index in [0.29, 0.717) is 0 Å². The van der Waals surface area contributed by atoms with Crippen LogP contribution < -0.4 is 0 Å². The highest BCUT2D eigenvalue weighted by Gasteiger charge is 2.34. The Morgan fingerprint density at radius 1 is 0.842 bits per heavy atom. The molecule has 2 nitrogen and oxygen atoms in total. The fraction of sp³-hybridized carbons (Fsp3) is 0. The van der Waals surface area contributed by atoms with Crippen LogP contribution in [0.1, 0.15) is 0 Å². The molecule has 1 aromatic carbocycles. The zero-order valence-electron chi connectivity index (χ0n) is 8.75. The van der Waals surface area contributed by atoms with Gasteiger partial charge in [-0.3, -0.25) is 0 Å². The summed E-state index contributed by atoms with van der Waals surface area (Å²) >= 11 is 0.899. The smallest absolute Gasteiger partial charge is 0.213 e. The molecule has 0 atom stereocenters. The van der Waals surface area contributed by atoms with E-state index in [4.69, 9.17) is 0 Å². The summed E-state index contributed by atoms with van der Waals surface area (Å²) in [7, 11) is -4.80. The van der Waals surface area contributed by atoms with Crippen molar-refractivity contribution in [2.24, 2.45) is 0 Å². The molecule has 19 heavy (non-hydrogen) atoms. The van der Waals surface area contributed by atoms with Crippen molar-refractivity contribution in [3.05, 3.63) is 45.9 Å². The van der Waals surface area contributed by atoms with E-state index in [2.05, 4.69) is 0 Å². The van der Waals surface area contributed by atoms with Gasteiger partial charge < -0.3 is 0 Å². The minimum Gasteiger partial charge on any atom is -0.218 e. The van der Waals surface area contributed by atoms with Gasteiger partial charge in [-0.15, -0.1) is 0 Å². The van der Waals surface area contributed by atoms with Gasteiger partial charge in [0.2, 0.25) is 15.7 Å². The lowest BCUT2D eigenvalue weighted by Gasteiger charge is -2.08. The molecular weight excluding hydrogens is 311 g/mol. The van der Waals surface area contributed by atoms with Crippen LogP contribution in [-0.4, -0.2) is 8.42 Å². The molecule has 0 amide bonds. The van der Waals surface area contributed by atoms with Crippen molar-refractivity contribution in [3.63, 3.8) is 0 Å². The zero-order chi connectivity index (χ0) is 14.4. The quantitative estimate of drug-likeness (QED) is 0.369. The molecule has 0 spiro atoms. The maximum absolute atomic E-state index is 13.4. The molecule has 1 heterocycles. The van der Waals surface area contributed by atoms with Gasteiger partial charge in [0.15, 0.2) is 23.3 Å². The maximum atomic E-state index is 13.4. The highest BCUT2D eigenvalue weighted by molar-refractivity contribution is 7.91. The van der Waals surface area contributed by atoms with Crippen molar-refractivity contribution in [2.75, 3.05) is 0 Å². The van der Waals surface area contributed by atoms with Crippen LogP contribution in [0.5, 0.6) is 0 Å². The SMILES string of the molecule is O=S(=O)(c1ccsc1)c1c(F)c(F)c(F)c(F)c1F. The minimum absolute atomic E-state index is 0.541. The Morgan fingerprint density at radius 2 is 1.32 bits per heavy atom. The van der Waals surface area contributed by atoms with Crippen molar-refractivity contribution in [3.8, 4) is 0 Å². The molecule has 2 rings (SSSR count). The highest BCUT2D eigenvalue weighted by Crippen LogP contribution is 2.31. The van der Waals surface area contributed by atoms with Gasteiger partial charge in [-0.25, -0.2) is 30.4 Å². The summed E-state index contributed by atoms with van der Waals surface area (Å²) in [6.45, 7) is 0. The molecular formula is C10H3F5O2S2. The molecule has 0 aliphatic carbocycles. The van der Waals surface area contributed by atoms with Crippen LogP contribution >= 0.6 is 11.3 Å². The number of sulfone groups is 1. The predicted molar refractivity (Wildman–Crippen MR) is 56.0 cm³/mol. The Bertz CT molecular complexity index is 709. The van der Waals surface area contributed by atoms with Gasteiger partial charge in [0.05, 0.1) is 4.90 Å². The Morgan fingerprint density at radius 3 is 1.74 bits per heavy atom. The van der Waals surface area contributed by atoms with E-state index in [1.54, 1.807) is 0 Å². The van der Waals surface area contributed by atoms with E-state index >= 15 is 0 Å². The standard InChI is InChI=1S/C10H3F5O2S2/c11-5-6(12)8(14)10(9(15)7(5)13)19(16,17)4-1-2-18-3-4/h1-3H. The number of hydrogen-bond acceptors (Lipinski definition) is 3. The summed E-state index contributed by atoms with van der Waals surface area (Å²) in [4.78, 5) is -2.39. The first-order chi connectivity index (χ1) is 8.78. The van der Waals surface area contributed by atoms with Crippen LogP contribution in [0.25, 0.3) is 0 Å². The maximum Gasteiger partial charge on any atom is 0.213 e. The van der Waals surface area contributed by atoms with Gasteiger partial charge in [0, 0.05) is 5.38 Å². The van der Waals surface area contributed by atoms with Crippen LogP contribution in [0.3, 0.4) is 0 Å². The fourth-order valence-electron chi connectivity index (χ4n) is 1.34. The van der Waals surface area contributed by atoms with E-state index in [1.165, 1.54) is 5.38 Å². The molecule has 9 heteroatoms. The minimum atomic E-state index is -4.80. The topological polar surface area (TPSA) is 34.1 Å². The predicted octanol–water partition coefficient (Wildman–Crippen LogP) is 3.28. The summed E-state index contributed by atoms with van der Waals surface area (Å²) in [5, 5.41) is 2.31. The molecule has 0 aliphatic rings. The average molecular weight is 314 g/mol. The Hall–Kier alpha value is -1.48. The number of halogens is 5. The van der Waals surface area contributed by atoms with Gasteiger partial charge in [0.25, 0.3) is 0 Å². The molecule has 0 bridgehead atoms. The van der Waals surface area contributed by atoms with Gasteiger partial charge >= 0.3 is 0 Å². The lowest BCUT2D eigenvalue weighted by Crippen LogP contribution is -2.12. The summed E-state index contributed by atoms with van der Waals surface area (Å²) < 4.78 is 89.1. The van der Waals surface area contributed by atoms with E-state index in [9.17, 15) is 30.4 Å². The Labute approximate surface area is 108 Å². The van der Waals surface area contributed by atoms with Crippen molar-refractivity contribution < 1.29 is 30.4 Å². The first-order valence-corrected chi connectivity index (χ1v) is 6.99. The molecule has 102 valence electrons. The lowest BCUT2D eigenvalue weighted by atomic mass is 10.3. The molecule has 0 saturated heterocycles. The number of benzene rings is 1. The highest BCUT2D eigenvalue weighted by atomic mass is 32.2. The fourth-order valence-corrected chi connectivity index (χ4v) is 3.75. The number of hydrogen-bond donors (Lipinski definition) is 0. The van der Waals surface area contributed by atoms with Gasteiger partial charge in [-0.05, 0) is 11.4 Å². The number of thiophene rings is 1. The average Bonchev–Trinajstić information content (AvgIpc) is 2.88. The first kappa shape index (κ1) is 13.9. The molecule has 0 radical (unpaired) electrons. The normalized spacial score (nSPS) is 11.8. The summed E-state index contributed by atoms with van der Waals surface area (Å²) in [6, 6.07) is 0.998. The van der Waals surface area contributed by atoms with Crippen LogP contribution in [0.2, 0.25) is 0 Å². The van der Waals surface area contributed by atoms with Gasteiger partial charge in [-0.2, -0.15) is 11.3 Å². The zero-order valence-corrected chi connectivity index (χ0v) is 10.4. The first-order valence-electron chi connectivity index (χ1n) is 4.57. The van der Waals surface area contributed by atoms with E-state index < -0.39 is 48.7 Å². The molecule has 0 unspecified atom stereocenters. The summed E-state index contributed by atoms with van der Waals surface area (Å²) in [5.74, 6) is -11.7. The Balaban J connectivity index is 2.85. The van der Waals surface area contributed by atoms with Gasteiger partial charge in [0.1, 0.15) is 4.90 Å². The van der Waals surface area contributed by atoms with Gasteiger partial charge in [-0.1, -0.05) is 0 Å². The third-order valence-electron chi connectivity index (χ3n) is 2.24. The van der Waals surface area contributed by atoms with Crippen molar-refractivity contribution in [2.45, 2.75) is 9.79 Å². The van der Waals surface area contributed by atoms with Crippen molar-refractivity contribution >= 4 is 21.2 Å². The van der Waals surface area contributed by atoms with Crippen molar-refractivity contribution in [1.82, 2.24) is 0 Å². The monoisotopic (exact) mass is 314 g/mol. The van der Waals surface area contributed by atoms with E-state index in [0.717, 1.165) is 22.8 Å². The summed E-state index contributed by atoms with van der Waals surface area (Å²) in [5.41, 5.74) is 0. The van der Waals surface area contributed by atoms with Crippen LogP contribution in [0, 0.1) is 29.1 Å². The second-order valence-corrected chi connectivity index (χ2v) is 6.03. The lowest BCUT2D eigenvalue weighted by molar-refractivity contribution is 0.357. The summed E-state index contributed by atoms with van der Waals surface area (Å²) in [6.07, 6.45) is 0. The molecule has 0 N–H and O–H groups in total. The Kier molecular flexibility index (Phi) is 3.35. The van der Waals surface area contributed by atoms with E-state index in [1.807, 2.05) is 0 Å². The van der Waals surface area contributed by atoms with E-state index in [-0.39, 0.29) is 0 Å². The third-order valence-corrected chi connectivity index (χ3v) is 4.85. The molecule has 0 aliphatic heterocycles. The van der Waals surface area contributed by atoms with Crippen LogP contribution in [0.4, 0.5) is 22.0 Å². The molecule has 0 saturated carbocycles. The molecule has 1 aromatic heterocycles. The second kappa shape index (κ2) is 4.57. The third kappa shape index (κ3) is 2.02. The largest absolute Gasteiger partial charge is 0.218 e.